The summed E-state index contributed by atoms with van der Waals surface area (Å²) in [5, 5.41) is 0. The molecule has 72 valence electrons. The summed E-state index contributed by atoms with van der Waals surface area (Å²) < 4.78 is 7.50. The Morgan fingerprint density at radius 1 is 1.17 bits per heavy atom. The van der Waals surface area contributed by atoms with Gasteiger partial charge >= 0.3 is 6.40 Å². The third-order valence-electron chi connectivity index (χ3n) is 2.02. The van der Waals surface area contributed by atoms with E-state index in [-0.39, 0.29) is 12.4 Å². The Bertz CT molecular complexity index is 137. The van der Waals surface area contributed by atoms with Gasteiger partial charge in [-0.25, -0.2) is 4.58 Å². The van der Waals surface area contributed by atoms with Gasteiger partial charge in [0.05, 0.1) is 0 Å². The molecule has 1 fully saturated rings. The minimum atomic E-state index is 0. The number of nitrogens with zero attached hydrogens (tertiary/aromatic N) is 1. The highest BCUT2D eigenvalue weighted by molar-refractivity contribution is 5.39. The van der Waals surface area contributed by atoms with Crippen molar-refractivity contribution in [3.05, 3.63) is 0 Å². The highest BCUT2D eigenvalue weighted by Crippen LogP contribution is 2.19. The molecule has 2 nitrogen and oxygen atoms in total. The van der Waals surface area contributed by atoms with Gasteiger partial charge in [0.2, 0.25) is 0 Å². The Kier molecular flexibility index (Phi) is 6.17. The van der Waals surface area contributed by atoms with Crippen molar-refractivity contribution in [1.29, 1.82) is 0 Å². The van der Waals surface area contributed by atoms with Crippen molar-refractivity contribution < 1.29 is 21.7 Å². The van der Waals surface area contributed by atoms with Crippen LogP contribution in [0.3, 0.4) is 0 Å². The van der Waals surface area contributed by atoms with Gasteiger partial charge in [0.1, 0.15) is 20.2 Å². The van der Waals surface area contributed by atoms with Crippen LogP contribution in [-0.4, -0.2) is 31.2 Å². The minimum Gasteiger partial charge on any atom is -1.00 e. The molecule has 1 saturated carbocycles. The summed E-state index contributed by atoms with van der Waals surface area (Å²) in [4.78, 5) is 0. The molecule has 0 saturated heterocycles. The quantitative estimate of drug-likeness (QED) is 0.299. The van der Waals surface area contributed by atoms with Gasteiger partial charge in [0.15, 0.2) is 0 Å². The molecule has 12 heavy (non-hydrogen) atoms. The third-order valence-corrected chi connectivity index (χ3v) is 2.02. The van der Waals surface area contributed by atoms with Crippen molar-refractivity contribution >= 4 is 6.40 Å². The molecule has 0 atom stereocenters. The van der Waals surface area contributed by atoms with Gasteiger partial charge in [-0.3, -0.25) is 0 Å². The van der Waals surface area contributed by atoms with E-state index in [1.165, 1.54) is 32.1 Å². The largest absolute Gasteiger partial charge is 1.00 e. The number of halogens is 1. The summed E-state index contributed by atoms with van der Waals surface area (Å²) in [6, 6.07) is 0. The number of ether oxygens (including phenoxy) is 1. The van der Waals surface area contributed by atoms with E-state index in [4.69, 9.17) is 4.74 Å². The van der Waals surface area contributed by atoms with Crippen LogP contribution in [0.15, 0.2) is 0 Å². The minimum absolute atomic E-state index is 0. The lowest BCUT2D eigenvalue weighted by Gasteiger charge is -2.19. The summed E-state index contributed by atoms with van der Waals surface area (Å²) in [6.07, 6.45) is 8.86. The molecule has 1 rings (SSSR count). The first-order valence-electron chi connectivity index (χ1n) is 4.44. The Morgan fingerprint density at radius 2 is 1.75 bits per heavy atom. The van der Waals surface area contributed by atoms with E-state index in [1.807, 2.05) is 25.1 Å². The molecular weight excluding hydrogens is 174 g/mol. The SMILES string of the molecule is C[N+](C)=COC1CCCCC1.[Cl-]. The van der Waals surface area contributed by atoms with E-state index < -0.39 is 0 Å². The zero-order valence-corrected chi connectivity index (χ0v) is 8.68. The predicted molar refractivity (Wildman–Crippen MR) is 46.1 cm³/mol. The van der Waals surface area contributed by atoms with Crippen LogP contribution in [-0.2, 0) is 4.74 Å². The van der Waals surface area contributed by atoms with Crippen LogP contribution in [0.4, 0.5) is 0 Å². The van der Waals surface area contributed by atoms with Crippen LogP contribution in [0.25, 0.3) is 0 Å². The summed E-state index contributed by atoms with van der Waals surface area (Å²) in [6.45, 7) is 0. The molecule has 3 heteroatoms. The van der Waals surface area contributed by atoms with Gasteiger partial charge in [-0.15, -0.1) is 0 Å². The molecule has 0 aromatic rings. The highest BCUT2D eigenvalue weighted by Gasteiger charge is 2.13. The average molecular weight is 192 g/mol. The van der Waals surface area contributed by atoms with Crippen LogP contribution in [0.5, 0.6) is 0 Å². The zero-order valence-electron chi connectivity index (χ0n) is 7.92. The topological polar surface area (TPSA) is 12.2 Å². The molecule has 0 aromatic carbocycles. The van der Waals surface area contributed by atoms with Crippen molar-refractivity contribution in [2.45, 2.75) is 38.2 Å². The normalized spacial score (nSPS) is 17.8. The van der Waals surface area contributed by atoms with Gasteiger partial charge in [-0.05, 0) is 25.7 Å². The van der Waals surface area contributed by atoms with Crippen LogP contribution in [0, 0.1) is 0 Å². The number of rotatable bonds is 2. The first-order valence-corrected chi connectivity index (χ1v) is 4.44. The second-order valence-electron chi connectivity index (χ2n) is 3.47. The zero-order chi connectivity index (χ0) is 8.10. The van der Waals surface area contributed by atoms with E-state index in [9.17, 15) is 0 Å². The van der Waals surface area contributed by atoms with E-state index >= 15 is 0 Å². The van der Waals surface area contributed by atoms with E-state index in [2.05, 4.69) is 0 Å². The molecule has 0 radical (unpaired) electrons. The van der Waals surface area contributed by atoms with E-state index in [1.54, 1.807) is 0 Å². The van der Waals surface area contributed by atoms with E-state index in [0.29, 0.717) is 6.10 Å². The lowest BCUT2D eigenvalue weighted by atomic mass is 9.98. The molecular formula is C9H18ClNO. The van der Waals surface area contributed by atoms with Crippen molar-refractivity contribution in [3.63, 3.8) is 0 Å². The van der Waals surface area contributed by atoms with Gasteiger partial charge in [0, 0.05) is 0 Å². The Balaban J connectivity index is 0.00000121. The lowest BCUT2D eigenvalue weighted by Crippen LogP contribution is -3.00. The smallest absolute Gasteiger partial charge is 0.323 e. The molecule has 1 aliphatic carbocycles. The molecule has 0 aromatic heterocycles. The molecule has 0 amide bonds. The Labute approximate surface area is 81.0 Å². The standard InChI is InChI=1S/C9H18NO.ClH/c1-10(2)8-11-9-6-4-3-5-7-9;/h8-9H,3-7H2,1-2H3;1H/q+1;/p-1. The Hall–Kier alpha value is -0.240. The second kappa shape index (κ2) is 6.30. The van der Waals surface area contributed by atoms with Crippen LogP contribution >= 0.6 is 0 Å². The fourth-order valence-corrected chi connectivity index (χ4v) is 1.41. The van der Waals surface area contributed by atoms with E-state index in [0.717, 1.165) is 0 Å². The monoisotopic (exact) mass is 191 g/mol. The maximum atomic E-state index is 5.55. The molecule has 0 spiro atoms. The summed E-state index contributed by atoms with van der Waals surface area (Å²) >= 11 is 0. The maximum absolute atomic E-state index is 5.55. The second-order valence-corrected chi connectivity index (χ2v) is 3.47. The van der Waals surface area contributed by atoms with Crippen molar-refractivity contribution in [2.75, 3.05) is 14.1 Å². The molecule has 1 aliphatic rings. The molecule has 0 N–H and O–H groups in total. The molecule has 0 aliphatic heterocycles. The first kappa shape index (κ1) is 11.8. The number of hydrogen-bond acceptors (Lipinski definition) is 1. The first-order chi connectivity index (χ1) is 5.29. The van der Waals surface area contributed by atoms with Crippen molar-refractivity contribution in [2.24, 2.45) is 0 Å². The fourth-order valence-electron chi connectivity index (χ4n) is 1.41. The van der Waals surface area contributed by atoms with Gasteiger partial charge < -0.3 is 17.1 Å². The summed E-state index contributed by atoms with van der Waals surface area (Å²) in [5.41, 5.74) is 0. The van der Waals surface area contributed by atoms with Gasteiger partial charge in [-0.1, -0.05) is 6.42 Å². The predicted octanol–water partition coefficient (Wildman–Crippen LogP) is -1.36. The molecule has 0 heterocycles. The fraction of sp³-hybridized carbons (Fsp3) is 0.889. The highest BCUT2D eigenvalue weighted by atomic mass is 35.5. The number of hydrogen-bond donors (Lipinski definition) is 0. The average Bonchev–Trinajstić information content (AvgIpc) is 2.03. The summed E-state index contributed by atoms with van der Waals surface area (Å²) in [5.74, 6) is 0. The van der Waals surface area contributed by atoms with Crippen LogP contribution in [0.2, 0.25) is 0 Å². The van der Waals surface area contributed by atoms with Crippen LogP contribution in [0.1, 0.15) is 32.1 Å². The summed E-state index contributed by atoms with van der Waals surface area (Å²) in [7, 11) is 3.98. The van der Waals surface area contributed by atoms with Crippen LogP contribution < -0.4 is 12.4 Å². The maximum Gasteiger partial charge on any atom is 0.323 e. The van der Waals surface area contributed by atoms with Gasteiger partial charge in [0.25, 0.3) is 0 Å². The molecule has 0 bridgehead atoms. The lowest BCUT2D eigenvalue weighted by molar-refractivity contribution is -0.469. The van der Waals surface area contributed by atoms with Crippen molar-refractivity contribution in [1.82, 2.24) is 0 Å². The Morgan fingerprint density at radius 3 is 2.25 bits per heavy atom. The van der Waals surface area contributed by atoms with Gasteiger partial charge in [-0.2, -0.15) is 0 Å². The third kappa shape index (κ3) is 4.60. The van der Waals surface area contributed by atoms with Crippen molar-refractivity contribution in [3.8, 4) is 0 Å². The molecule has 0 unspecified atom stereocenters.